The van der Waals surface area contributed by atoms with E-state index in [2.05, 4.69) is 25.4 Å². The van der Waals surface area contributed by atoms with E-state index in [0.29, 0.717) is 28.7 Å². The number of carbonyl (C=O) groups excluding carboxylic acids is 2. The number of hydrogen-bond acceptors (Lipinski definition) is 7. The first-order valence-electron chi connectivity index (χ1n) is 9.13. The highest BCUT2D eigenvalue weighted by molar-refractivity contribution is 6.28. The summed E-state index contributed by atoms with van der Waals surface area (Å²) in [6, 6.07) is 10.5. The summed E-state index contributed by atoms with van der Waals surface area (Å²) in [6.45, 7) is 1.65. The van der Waals surface area contributed by atoms with Crippen LogP contribution in [0.1, 0.15) is 6.92 Å². The largest absolute Gasteiger partial charge is 0.481 e. The highest BCUT2D eigenvalue weighted by Gasteiger charge is 2.40. The Hall–Kier alpha value is -4.14. The number of amides is 2. The Labute approximate surface area is 172 Å². The van der Waals surface area contributed by atoms with Crippen LogP contribution in [0.2, 0.25) is 0 Å². The summed E-state index contributed by atoms with van der Waals surface area (Å²) < 4.78 is 5.02. The lowest BCUT2D eigenvalue weighted by Gasteiger charge is -2.14. The average Bonchev–Trinajstić information content (AvgIpc) is 3.08. The average molecular weight is 402 g/mol. The number of rotatable bonds is 5. The molecule has 9 heteroatoms. The molecule has 0 fully saturated rings. The predicted octanol–water partition coefficient (Wildman–Crippen LogP) is 2.52. The van der Waals surface area contributed by atoms with Crippen molar-refractivity contribution in [1.29, 1.82) is 0 Å². The third kappa shape index (κ3) is 3.72. The van der Waals surface area contributed by atoms with Gasteiger partial charge in [0, 0.05) is 29.7 Å². The molecule has 150 valence electrons. The lowest BCUT2D eigenvalue weighted by molar-refractivity contribution is -0.127. The van der Waals surface area contributed by atoms with Crippen LogP contribution < -0.4 is 15.1 Å². The summed E-state index contributed by atoms with van der Waals surface area (Å²) >= 11 is 0. The molecule has 1 aliphatic heterocycles. The van der Waals surface area contributed by atoms with Gasteiger partial charge in [-0.1, -0.05) is 12.1 Å². The van der Waals surface area contributed by atoms with Crippen molar-refractivity contribution in [3.63, 3.8) is 0 Å². The summed E-state index contributed by atoms with van der Waals surface area (Å²) in [5.74, 6) is -1.50. The van der Waals surface area contributed by atoms with Crippen molar-refractivity contribution >= 4 is 28.9 Å². The van der Waals surface area contributed by atoms with Gasteiger partial charge in [0.2, 0.25) is 11.8 Å². The van der Waals surface area contributed by atoms with E-state index in [1.54, 1.807) is 55.8 Å². The van der Waals surface area contributed by atoms with E-state index in [4.69, 9.17) is 4.74 Å². The fourth-order valence-corrected chi connectivity index (χ4v) is 3.09. The van der Waals surface area contributed by atoms with Gasteiger partial charge in [0.15, 0.2) is 5.92 Å². The molecular formula is C21H18N6O3. The van der Waals surface area contributed by atoms with Crippen molar-refractivity contribution < 1.29 is 14.3 Å². The minimum Gasteiger partial charge on any atom is -0.481 e. The molecule has 0 radical (unpaired) electrons. The van der Waals surface area contributed by atoms with Crippen molar-refractivity contribution in [2.45, 2.75) is 6.92 Å². The molecule has 1 aromatic carbocycles. The van der Waals surface area contributed by atoms with Gasteiger partial charge in [0.25, 0.3) is 5.91 Å². The molecule has 1 N–H and O–H groups in total. The first kappa shape index (κ1) is 19.2. The molecule has 0 aliphatic carbocycles. The van der Waals surface area contributed by atoms with Crippen LogP contribution in [0, 0.1) is 5.92 Å². The fourth-order valence-electron chi connectivity index (χ4n) is 3.09. The van der Waals surface area contributed by atoms with Crippen molar-refractivity contribution in [3.05, 3.63) is 61.2 Å². The van der Waals surface area contributed by atoms with Crippen molar-refractivity contribution in [2.75, 3.05) is 17.4 Å². The van der Waals surface area contributed by atoms with E-state index in [-0.39, 0.29) is 0 Å². The molecule has 0 saturated heterocycles. The van der Waals surface area contributed by atoms with Gasteiger partial charge in [0.1, 0.15) is 0 Å². The summed E-state index contributed by atoms with van der Waals surface area (Å²) in [4.78, 5) is 38.1. The number of anilines is 2. The predicted molar refractivity (Wildman–Crippen MR) is 111 cm³/mol. The smallest absolute Gasteiger partial charge is 0.265 e. The standard InChI is InChI=1S/C21H18N6O3/c1-13-19(21(29)27(26-13)16-6-7-18(30-2)24-11-16)20(28)25-15-5-3-4-14(10-15)17-12-22-8-9-23-17/h3-12,19H,1-2H3,(H,25,28). The first-order chi connectivity index (χ1) is 14.6. The molecule has 4 rings (SSSR count). The van der Waals surface area contributed by atoms with Gasteiger partial charge in [-0.2, -0.15) is 10.1 Å². The molecule has 1 aliphatic rings. The number of methoxy groups -OCH3 is 1. The van der Waals surface area contributed by atoms with Crippen LogP contribution in [-0.4, -0.2) is 39.6 Å². The van der Waals surface area contributed by atoms with E-state index in [0.717, 1.165) is 5.56 Å². The van der Waals surface area contributed by atoms with Crippen LogP contribution in [0.4, 0.5) is 11.4 Å². The van der Waals surface area contributed by atoms with E-state index in [9.17, 15) is 9.59 Å². The highest BCUT2D eigenvalue weighted by atomic mass is 16.5. The number of ether oxygens (including phenoxy) is 1. The summed E-state index contributed by atoms with van der Waals surface area (Å²) in [7, 11) is 1.51. The summed E-state index contributed by atoms with van der Waals surface area (Å²) in [6.07, 6.45) is 6.30. The maximum atomic E-state index is 12.9. The van der Waals surface area contributed by atoms with Gasteiger partial charge in [-0.25, -0.2) is 4.98 Å². The number of aromatic nitrogens is 3. The van der Waals surface area contributed by atoms with Crippen LogP contribution in [-0.2, 0) is 9.59 Å². The van der Waals surface area contributed by atoms with Crippen molar-refractivity contribution in [3.8, 4) is 17.1 Å². The Morgan fingerprint density at radius 2 is 2.00 bits per heavy atom. The lowest BCUT2D eigenvalue weighted by Crippen LogP contribution is -2.36. The molecule has 30 heavy (non-hydrogen) atoms. The van der Waals surface area contributed by atoms with Crippen LogP contribution >= 0.6 is 0 Å². The number of hydrogen-bond donors (Lipinski definition) is 1. The molecule has 1 unspecified atom stereocenters. The number of nitrogens with zero attached hydrogens (tertiary/aromatic N) is 5. The third-order valence-electron chi connectivity index (χ3n) is 4.56. The van der Waals surface area contributed by atoms with Gasteiger partial charge in [-0.15, -0.1) is 0 Å². The number of pyridine rings is 1. The summed E-state index contributed by atoms with van der Waals surface area (Å²) in [5, 5.41) is 8.22. The molecule has 1 atom stereocenters. The minimum absolute atomic E-state index is 0.401. The number of carbonyl (C=O) groups is 2. The molecule has 0 bridgehead atoms. The van der Waals surface area contributed by atoms with Gasteiger partial charge in [-0.05, 0) is 25.1 Å². The van der Waals surface area contributed by atoms with E-state index in [1.807, 2.05) is 6.07 Å². The normalized spacial score (nSPS) is 15.7. The topological polar surface area (TPSA) is 110 Å². The molecule has 0 spiro atoms. The Kier molecular flexibility index (Phi) is 5.17. The lowest BCUT2D eigenvalue weighted by atomic mass is 10.0. The second-order valence-corrected chi connectivity index (χ2v) is 6.54. The number of nitrogens with one attached hydrogen (secondary N) is 1. The van der Waals surface area contributed by atoms with Crippen LogP contribution in [0.5, 0.6) is 5.88 Å². The maximum absolute atomic E-state index is 12.9. The number of benzene rings is 1. The Bertz CT molecular complexity index is 1120. The quantitative estimate of drug-likeness (QED) is 0.657. The van der Waals surface area contributed by atoms with Crippen molar-refractivity contribution in [1.82, 2.24) is 15.0 Å². The molecule has 9 nitrogen and oxygen atoms in total. The molecule has 2 aromatic heterocycles. The Morgan fingerprint density at radius 3 is 2.70 bits per heavy atom. The van der Waals surface area contributed by atoms with Gasteiger partial charge < -0.3 is 10.1 Å². The minimum atomic E-state index is -1.02. The zero-order valence-corrected chi connectivity index (χ0v) is 16.3. The first-order valence-corrected chi connectivity index (χ1v) is 9.13. The van der Waals surface area contributed by atoms with Crippen LogP contribution in [0.25, 0.3) is 11.3 Å². The second kappa shape index (κ2) is 8.08. The van der Waals surface area contributed by atoms with E-state index in [1.165, 1.54) is 18.3 Å². The molecule has 3 aromatic rings. The van der Waals surface area contributed by atoms with Gasteiger partial charge in [0.05, 0.1) is 36.6 Å². The third-order valence-corrected chi connectivity index (χ3v) is 4.56. The Balaban J connectivity index is 1.51. The summed E-state index contributed by atoms with van der Waals surface area (Å²) in [5.41, 5.74) is 2.89. The van der Waals surface area contributed by atoms with Crippen LogP contribution in [0.15, 0.2) is 66.3 Å². The second-order valence-electron chi connectivity index (χ2n) is 6.54. The van der Waals surface area contributed by atoms with E-state index < -0.39 is 17.7 Å². The highest BCUT2D eigenvalue weighted by Crippen LogP contribution is 2.26. The molecule has 3 heterocycles. The van der Waals surface area contributed by atoms with Gasteiger partial charge in [-0.3, -0.25) is 19.6 Å². The van der Waals surface area contributed by atoms with E-state index >= 15 is 0 Å². The zero-order chi connectivity index (χ0) is 21.1. The van der Waals surface area contributed by atoms with Crippen LogP contribution in [0.3, 0.4) is 0 Å². The Morgan fingerprint density at radius 1 is 1.13 bits per heavy atom. The molecule has 0 saturated carbocycles. The number of hydrazone groups is 1. The fraction of sp³-hybridized carbons (Fsp3) is 0.143. The van der Waals surface area contributed by atoms with Crippen molar-refractivity contribution in [2.24, 2.45) is 11.0 Å². The van der Waals surface area contributed by atoms with Gasteiger partial charge >= 0.3 is 0 Å². The molecular weight excluding hydrogens is 384 g/mol. The SMILES string of the molecule is COc1ccc(N2N=C(C)C(C(=O)Nc3cccc(-c4cnccn4)c3)C2=O)cn1. The monoisotopic (exact) mass is 402 g/mol. The molecule has 2 amide bonds. The zero-order valence-electron chi connectivity index (χ0n) is 16.3. The maximum Gasteiger partial charge on any atom is 0.265 e.